The Hall–Kier alpha value is -3.98. The van der Waals surface area contributed by atoms with Gasteiger partial charge in [0.1, 0.15) is 24.0 Å². The van der Waals surface area contributed by atoms with Gasteiger partial charge in [-0.15, -0.1) is 0 Å². The van der Waals surface area contributed by atoms with Gasteiger partial charge in [-0.05, 0) is 117 Å². The van der Waals surface area contributed by atoms with Gasteiger partial charge in [-0.2, -0.15) is 9.97 Å². The highest BCUT2D eigenvalue weighted by Crippen LogP contribution is 2.40. The third-order valence-corrected chi connectivity index (χ3v) is 10.0. The molecule has 232 valence electrons. The van der Waals surface area contributed by atoms with Gasteiger partial charge < -0.3 is 25.0 Å². The molecule has 0 spiro atoms. The number of rotatable bonds is 9. The Morgan fingerprint density at radius 1 is 1.25 bits per heavy atom. The molecule has 2 heterocycles. The van der Waals surface area contributed by atoms with E-state index >= 15 is 0 Å². The number of ether oxygens (including phenoxy) is 1. The second kappa shape index (κ2) is 12.2. The summed E-state index contributed by atoms with van der Waals surface area (Å²) >= 11 is 0. The summed E-state index contributed by atoms with van der Waals surface area (Å²) in [6.07, 6.45) is 10.9. The van der Waals surface area contributed by atoms with Crippen LogP contribution in [-0.4, -0.2) is 76.2 Å². The Morgan fingerprint density at radius 3 is 2.77 bits per heavy atom. The number of aromatic hydroxyl groups is 1. The number of likely N-dealkylation sites (tertiary alicyclic amines) is 1. The number of phenolic OH excluding ortho intramolecular Hbond substituents is 1. The van der Waals surface area contributed by atoms with E-state index in [1.807, 2.05) is 18.0 Å². The van der Waals surface area contributed by atoms with Crippen molar-refractivity contribution in [2.75, 3.05) is 39.1 Å². The maximum atomic E-state index is 14.7. The molecule has 1 aromatic heterocycles. The van der Waals surface area contributed by atoms with Crippen molar-refractivity contribution in [3.63, 3.8) is 0 Å². The number of amides is 1. The van der Waals surface area contributed by atoms with Crippen molar-refractivity contribution in [1.29, 1.82) is 0 Å². The lowest BCUT2D eigenvalue weighted by molar-refractivity contribution is -0.129. The minimum Gasteiger partial charge on any atom is -0.508 e. The number of allylic oxidation sites excluding steroid dienone is 1. The maximum absolute atomic E-state index is 14.7. The summed E-state index contributed by atoms with van der Waals surface area (Å²) in [6, 6.07) is 7.17. The average Bonchev–Trinajstić information content (AvgIpc) is 3.68. The average molecular weight is 600 g/mol. The molecule has 1 saturated heterocycles. The van der Waals surface area contributed by atoms with Crippen molar-refractivity contribution in [3.05, 3.63) is 65.1 Å². The monoisotopic (exact) mass is 599 g/mol. The second-order valence-electron chi connectivity index (χ2n) is 12.6. The molecule has 1 aliphatic heterocycles. The highest BCUT2D eigenvalue weighted by Gasteiger charge is 2.40. The van der Waals surface area contributed by atoms with E-state index in [1.54, 1.807) is 25.1 Å². The minimum absolute atomic E-state index is 0.0826. The van der Waals surface area contributed by atoms with Gasteiger partial charge in [0, 0.05) is 25.2 Å². The van der Waals surface area contributed by atoms with Crippen LogP contribution in [0.5, 0.6) is 11.8 Å². The number of nitrogens with zero attached hydrogens (tertiary/aromatic N) is 4. The SMILES string of the molecule is C=CC(=O)N(C)C1(CNc2nc(OCC3CCCN3C)nc3c2CCC(c2cc(O)cc4ccc(F)c(C)c24)=C3)CCCC1. The van der Waals surface area contributed by atoms with Crippen LogP contribution < -0.4 is 10.1 Å². The zero-order valence-electron chi connectivity index (χ0n) is 26.0. The highest BCUT2D eigenvalue weighted by molar-refractivity contribution is 6.01. The number of hydrogen-bond donors (Lipinski definition) is 2. The Kier molecular flexibility index (Phi) is 8.33. The summed E-state index contributed by atoms with van der Waals surface area (Å²) in [5.74, 6) is 0.498. The number of anilines is 1. The number of halogens is 1. The lowest BCUT2D eigenvalue weighted by atomic mass is 9.87. The summed E-state index contributed by atoms with van der Waals surface area (Å²) in [5, 5.41) is 15.8. The highest BCUT2D eigenvalue weighted by atomic mass is 19.1. The Morgan fingerprint density at radius 2 is 2.05 bits per heavy atom. The molecule has 1 unspecified atom stereocenters. The molecule has 0 bridgehead atoms. The zero-order chi connectivity index (χ0) is 31.0. The van der Waals surface area contributed by atoms with E-state index < -0.39 is 0 Å². The van der Waals surface area contributed by atoms with Gasteiger partial charge in [-0.25, -0.2) is 4.39 Å². The number of fused-ring (bicyclic) bond motifs is 2. The van der Waals surface area contributed by atoms with Crippen LogP contribution in [0.3, 0.4) is 0 Å². The van der Waals surface area contributed by atoms with Crippen LogP contribution in [0, 0.1) is 12.7 Å². The molecule has 6 rings (SSSR count). The fourth-order valence-corrected chi connectivity index (χ4v) is 7.27. The maximum Gasteiger partial charge on any atom is 0.318 e. The summed E-state index contributed by atoms with van der Waals surface area (Å²) in [6.45, 7) is 7.59. The molecule has 1 atom stereocenters. The van der Waals surface area contributed by atoms with Gasteiger partial charge in [0.2, 0.25) is 5.91 Å². The molecule has 2 N–H and O–H groups in total. The predicted octanol–water partition coefficient (Wildman–Crippen LogP) is 6.11. The summed E-state index contributed by atoms with van der Waals surface area (Å²) in [5.41, 5.74) is 3.74. The van der Waals surface area contributed by atoms with E-state index in [4.69, 9.17) is 14.7 Å². The van der Waals surface area contributed by atoms with Crippen LogP contribution in [0.25, 0.3) is 22.4 Å². The second-order valence-corrected chi connectivity index (χ2v) is 12.6. The molecule has 3 aliphatic rings. The molecule has 1 amide bonds. The van der Waals surface area contributed by atoms with E-state index in [1.165, 1.54) is 12.1 Å². The number of hydrogen-bond acceptors (Lipinski definition) is 7. The van der Waals surface area contributed by atoms with Gasteiger partial charge in [0.05, 0.1) is 11.2 Å². The number of phenols is 1. The van der Waals surface area contributed by atoms with Crippen LogP contribution in [0.15, 0.2) is 36.9 Å². The zero-order valence-corrected chi connectivity index (χ0v) is 26.0. The first-order valence-electron chi connectivity index (χ1n) is 15.7. The van der Waals surface area contributed by atoms with Crippen molar-refractivity contribution < 1.29 is 19.0 Å². The van der Waals surface area contributed by atoms with E-state index in [0.717, 1.165) is 78.2 Å². The molecule has 2 aliphatic carbocycles. The first-order chi connectivity index (χ1) is 21.2. The molecule has 8 nitrogen and oxygen atoms in total. The van der Waals surface area contributed by atoms with Crippen molar-refractivity contribution in [2.45, 2.75) is 69.9 Å². The standard InChI is InChI=1S/C35H42FN5O3/c1-5-31(43)41(4)35(14-6-7-15-35)21-37-33-27-12-10-23(28-19-26(42)17-24-11-13-29(36)22(2)32(24)28)18-30(27)38-34(39-33)44-20-25-9-8-16-40(25)3/h5,11,13,17-19,25,42H,1,6-10,12,14-16,20-21H2,2-4H3,(H,37,38,39). The van der Waals surface area contributed by atoms with E-state index in [0.29, 0.717) is 49.4 Å². The minimum atomic E-state index is -0.325. The van der Waals surface area contributed by atoms with Gasteiger partial charge in [-0.3, -0.25) is 4.79 Å². The smallest absolute Gasteiger partial charge is 0.318 e. The Labute approximate surface area is 258 Å². The first-order valence-corrected chi connectivity index (χ1v) is 15.7. The number of nitrogens with one attached hydrogen (secondary N) is 1. The lowest BCUT2D eigenvalue weighted by Crippen LogP contribution is -2.51. The largest absolute Gasteiger partial charge is 0.508 e. The van der Waals surface area contributed by atoms with Crippen LogP contribution in [0.2, 0.25) is 0 Å². The van der Waals surface area contributed by atoms with Crippen molar-refractivity contribution in [3.8, 4) is 11.8 Å². The number of carbonyl (C=O) groups is 1. The third kappa shape index (κ3) is 5.65. The fourth-order valence-electron chi connectivity index (χ4n) is 7.27. The molecular formula is C35H42FN5O3. The Balaban J connectivity index is 1.38. The molecule has 44 heavy (non-hydrogen) atoms. The first kappa shape index (κ1) is 30.1. The quantitative estimate of drug-likeness (QED) is 0.287. The van der Waals surface area contributed by atoms with Gasteiger partial charge in [-0.1, -0.05) is 25.5 Å². The molecule has 9 heteroatoms. The number of likely N-dealkylation sites (N-methyl/N-ethyl adjacent to an activating group) is 2. The lowest BCUT2D eigenvalue weighted by Gasteiger charge is -2.39. The molecule has 2 aromatic carbocycles. The number of aromatic nitrogens is 2. The number of carbonyl (C=O) groups excluding carboxylic acids is 1. The van der Waals surface area contributed by atoms with Crippen LogP contribution in [0.4, 0.5) is 10.2 Å². The van der Waals surface area contributed by atoms with Crippen molar-refractivity contribution >= 4 is 34.1 Å². The summed E-state index contributed by atoms with van der Waals surface area (Å²) < 4.78 is 20.9. The van der Waals surface area contributed by atoms with Crippen molar-refractivity contribution in [2.24, 2.45) is 0 Å². The van der Waals surface area contributed by atoms with Crippen LogP contribution >= 0.6 is 0 Å². The number of benzene rings is 2. The fraction of sp³-hybridized carbons (Fsp3) is 0.457. The topological polar surface area (TPSA) is 90.8 Å². The van der Waals surface area contributed by atoms with E-state index in [-0.39, 0.29) is 23.0 Å². The molecule has 1 saturated carbocycles. The summed E-state index contributed by atoms with van der Waals surface area (Å²) in [4.78, 5) is 26.5. The van der Waals surface area contributed by atoms with Gasteiger partial charge in [0.25, 0.3) is 0 Å². The van der Waals surface area contributed by atoms with Crippen LogP contribution in [-0.2, 0) is 11.2 Å². The number of aryl methyl sites for hydroxylation is 1. The normalized spacial score (nSPS) is 19.5. The Bertz CT molecular complexity index is 1630. The van der Waals surface area contributed by atoms with Gasteiger partial charge >= 0.3 is 6.01 Å². The van der Waals surface area contributed by atoms with E-state index in [9.17, 15) is 14.3 Å². The van der Waals surface area contributed by atoms with Crippen molar-refractivity contribution in [1.82, 2.24) is 19.8 Å². The van der Waals surface area contributed by atoms with E-state index in [2.05, 4.69) is 23.8 Å². The summed E-state index contributed by atoms with van der Waals surface area (Å²) in [7, 11) is 3.97. The molecule has 3 aromatic rings. The van der Waals surface area contributed by atoms with Crippen LogP contribution in [0.1, 0.15) is 67.3 Å². The van der Waals surface area contributed by atoms with Gasteiger partial charge in [0.15, 0.2) is 0 Å². The predicted molar refractivity (Wildman–Crippen MR) is 172 cm³/mol. The molecule has 0 radical (unpaired) electrons. The molecule has 2 fully saturated rings. The molecular weight excluding hydrogens is 557 g/mol. The third-order valence-electron chi connectivity index (χ3n) is 10.0.